The Labute approximate surface area is 92.5 Å². The third-order valence-electron chi connectivity index (χ3n) is 2.81. The molecule has 16 heavy (non-hydrogen) atoms. The highest BCUT2D eigenvalue weighted by molar-refractivity contribution is 6.05. The van der Waals surface area contributed by atoms with Gasteiger partial charge in [0, 0.05) is 17.0 Å². The van der Waals surface area contributed by atoms with Crippen LogP contribution in [0.2, 0.25) is 0 Å². The lowest BCUT2D eigenvalue weighted by molar-refractivity contribution is 0.485. The molecule has 3 aromatic rings. The fourth-order valence-corrected chi connectivity index (χ4v) is 2.00. The van der Waals surface area contributed by atoms with Gasteiger partial charge >= 0.3 is 0 Å². The molecular weight excluding hydrogens is 201 g/mol. The van der Waals surface area contributed by atoms with Crippen molar-refractivity contribution in [2.45, 2.75) is 6.67 Å². The topological polar surface area (TPSA) is 12.9 Å². The van der Waals surface area contributed by atoms with Gasteiger partial charge in [0.15, 0.2) is 0 Å². The minimum atomic E-state index is -0.428. The molecule has 0 radical (unpaired) electrons. The molecule has 2 aromatic carbocycles. The first kappa shape index (κ1) is 9.28. The van der Waals surface area contributed by atoms with Crippen LogP contribution in [0.15, 0.2) is 48.7 Å². The maximum Gasteiger partial charge on any atom is 0.115 e. The molecule has 0 amide bonds. The molecule has 1 nitrogen and oxygen atoms in total. The van der Waals surface area contributed by atoms with Crippen molar-refractivity contribution in [1.29, 1.82) is 0 Å². The van der Waals surface area contributed by atoms with Crippen LogP contribution in [-0.2, 0) is 6.67 Å². The van der Waals surface area contributed by atoms with E-state index in [4.69, 9.17) is 0 Å². The average Bonchev–Trinajstić information content (AvgIpc) is 2.38. The number of hydrogen-bond acceptors (Lipinski definition) is 1. The molecule has 1 heterocycles. The molecule has 0 saturated carbocycles. The molecule has 0 atom stereocenters. The highest BCUT2D eigenvalue weighted by Crippen LogP contribution is 2.24. The zero-order valence-electron chi connectivity index (χ0n) is 8.65. The van der Waals surface area contributed by atoms with Crippen molar-refractivity contribution in [3.8, 4) is 0 Å². The van der Waals surface area contributed by atoms with Crippen molar-refractivity contribution in [1.82, 2.24) is 4.98 Å². The molecule has 0 N–H and O–H groups in total. The van der Waals surface area contributed by atoms with Crippen molar-refractivity contribution in [2.75, 3.05) is 0 Å². The monoisotopic (exact) mass is 211 g/mol. The first-order valence-electron chi connectivity index (χ1n) is 5.21. The molecule has 0 unspecified atom stereocenters. The van der Waals surface area contributed by atoms with Crippen LogP contribution in [0.4, 0.5) is 4.39 Å². The number of pyridine rings is 1. The van der Waals surface area contributed by atoms with E-state index < -0.39 is 6.67 Å². The van der Waals surface area contributed by atoms with Gasteiger partial charge in [-0.3, -0.25) is 4.98 Å². The van der Waals surface area contributed by atoms with E-state index in [1.165, 1.54) is 0 Å². The number of aromatic nitrogens is 1. The van der Waals surface area contributed by atoms with Gasteiger partial charge in [-0.2, -0.15) is 0 Å². The summed E-state index contributed by atoms with van der Waals surface area (Å²) in [5.74, 6) is 0. The molecule has 0 fully saturated rings. The van der Waals surface area contributed by atoms with Gasteiger partial charge in [-0.15, -0.1) is 0 Å². The van der Waals surface area contributed by atoms with E-state index >= 15 is 0 Å². The van der Waals surface area contributed by atoms with E-state index in [9.17, 15) is 4.39 Å². The number of benzene rings is 2. The van der Waals surface area contributed by atoms with E-state index in [1.807, 2.05) is 42.5 Å². The quantitative estimate of drug-likeness (QED) is 0.557. The number of hydrogen-bond donors (Lipinski definition) is 0. The van der Waals surface area contributed by atoms with E-state index in [0.29, 0.717) is 5.56 Å². The largest absolute Gasteiger partial charge is 0.256 e. The third kappa shape index (κ3) is 1.34. The number of halogens is 1. The molecule has 0 saturated heterocycles. The summed E-state index contributed by atoms with van der Waals surface area (Å²) in [6.45, 7) is -0.428. The van der Waals surface area contributed by atoms with Crippen LogP contribution in [0, 0.1) is 0 Å². The average molecular weight is 211 g/mol. The SMILES string of the molecule is FCc1ccc2c(cnc3ccccc32)c1. The van der Waals surface area contributed by atoms with Gasteiger partial charge in [-0.05, 0) is 23.1 Å². The Kier molecular flexibility index (Phi) is 2.07. The van der Waals surface area contributed by atoms with E-state index in [1.54, 1.807) is 6.20 Å². The van der Waals surface area contributed by atoms with Crippen LogP contribution in [0.25, 0.3) is 21.7 Å². The smallest absolute Gasteiger partial charge is 0.115 e. The first-order chi connectivity index (χ1) is 7.88. The third-order valence-corrected chi connectivity index (χ3v) is 2.81. The van der Waals surface area contributed by atoms with E-state index in [0.717, 1.165) is 21.7 Å². The van der Waals surface area contributed by atoms with Crippen LogP contribution in [0.1, 0.15) is 5.56 Å². The molecule has 0 bridgehead atoms. The summed E-state index contributed by atoms with van der Waals surface area (Å²) < 4.78 is 12.5. The van der Waals surface area contributed by atoms with Gasteiger partial charge in [0.1, 0.15) is 6.67 Å². The molecule has 2 heteroatoms. The molecule has 0 aliphatic carbocycles. The van der Waals surface area contributed by atoms with E-state index in [2.05, 4.69) is 4.98 Å². The second kappa shape index (κ2) is 3.56. The fourth-order valence-electron chi connectivity index (χ4n) is 2.00. The highest BCUT2D eigenvalue weighted by atomic mass is 19.1. The van der Waals surface area contributed by atoms with E-state index in [-0.39, 0.29) is 0 Å². The molecule has 0 aliphatic heterocycles. The number of rotatable bonds is 1. The van der Waals surface area contributed by atoms with Crippen molar-refractivity contribution in [2.24, 2.45) is 0 Å². The molecular formula is C14H10FN. The summed E-state index contributed by atoms with van der Waals surface area (Å²) in [6.07, 6.45) is 1.80. The molecule has 0 spiro atoms. The van der Waals surface area contributed by atoms with Crippen LogP contribution in [0.5, 0.6) is 0 Å². The van der Waals surface area contributed by atoms with Crippen LogP contribution in [0.3, 0.4) is 0 Å². The Morgan fingerprint density at radius 3 is 2.75 bits per heavy atom. The van der Waals surface area contributed by atoms with Gasteiger partial charge in [-0.1, -0.05) is 30.3 Å². The van der Waals surface area contributed by atoms with Crippen LogP contribution >= 0.6 is 0 Å². The zero-order chi connectivity index (χ0) is 11.0. The summed E-state index contributed by atoms with van der Waals surface area (Å²) in [4.78, 5) is 4.36. The van der Waals surface area contributed by atoms with Crippen LogP contribution in [-0.4, -0.2) is 4.98 Å². The van der Waals surface area contributed by atoms with Crippen molar-refractivity contribution < 1.29 is 4.39 Å². The van der Waals surface area contributed by atoms with Crippen molar-refractivity contribution in [3.63, 3.8) is 0 Å². The minimum Gasteiger partial charge on any atom is -0.256 e. The lowest BCUT2D eigenvalue weighted by Crippen LogP contribution is -1.84. The Hall–Kier alpha value is -1.96. The lowest BCUT2D eigenvalue weighted by Gasteiger charge is -2.03. The Balaban J connectivity index is 2.43. The Morgan fingerprint density at radius 2 is 1.88 bits per heavy atom. The molecule has 1 aromatic heterocycles. The summed E-state index contributed by atoms with van der Waals surface area (Å²) in [6, 6.07) is 13.6. The van der Waals surface area contributed by atoms with Gasteiger partial charge in [-0.25, -0.2) is 4.39 Å². The maximum atomic E-state index is 12.5. The number of para-hydroxylation sites is 1. The predicted molar refractivity (Wildman–Crippen MR) is 64.1 cm³/mol. The standard InChI is InChI=1S/C14H10FN/c15-8-10-5-6-12-11(7-10)9-16-14-4-2-1-3-13(12)14/h1-7,9H,8H2. The molecule has 78 valence electrons. The van der Waals surface area contributed by atoms with Crippen molar-refractivity contribution in [3.05, 3.63) is 54.2 Å². The van der Waals surface area contributed by atoms with Gasteiger partial charge in [0.2, 0.25) is 0 Å². The Morgan fingerprint density at radius 1 is 1.00 bits per heavy atom. The van der Waals surface area contributed by atoms with Gasteiger partial charge < -0.3 is 0 Å². The van der Waals surface area contributed by atoms with Crippen LogP contribution < -0.4 is 0 Å². The Bertz CT molecular complexity index is 661. The maximum absolute atomic E-state index is 12.5. The number of alkyl halides is 1. The second-order valence-corrected chi connectivity index (χ2v) is 3.83. The summed E-state index contributed by atoms with van der Waals surface area (Å²) >= 11 is 0. The second-order valence-electron chi connectivity index (χ2n) is 3.83. The molecule has 3 rings (SSSR count). The molecule has 0 aliphatic rings. The summed E-state index contributed by atoms with van der Waals surface area (Å²) in [5.41, 5.74) is 1.67. The van der Waals surface area contributed by atoms with Gasteiger partial charge in [0.05, 0.1) is 5.52 Å². The first-order valence-corrected chi connectivity index (χ1v) is 5.21. The zero-order valence-corrected chi connectivity index (χ0v) is 8.65. The number of nitrogens with zero attached hydrogens (tertiary/aromatic N) is 1. The van der Waals surface area contributed by atoms with Crippen molar-refractivity contribution >= 4 is 21.7 Å². The predicted octanol–water partition coefficient (Wildman–Crippen LogP) is 3.86. The minimum absolute atomic E-state index is 0.428. The highest BCUT2D eigenvalue weighted by Gasteiger charge is 2.01. The number of fused-ring (bicyclic) bond motifs is 3. The summed E-state index contributed by atoms with van der Waals surface area (Å²) in [7, 11) is 0. The fraction of sp³-hybridized carbons (Fsp3) is 0.0714. The normalized spacial score (nSPS) is 11.1. The van der Waals surface area contributed by atoms with Gasteiger partial charge in [0.25, 0.3) is 0 Å². The lowest BCUT2D eigenvalue weighted by atomic mass is 10.0. The summed E-state index contributed by atoms with van der Waals surface area (Å²) in [5, 5.41) is 3.24.